The van der Waals surface area contributed by atoms with E-state index in [2.05, 4.69) is 16.7 Å². The first-order valence-electron chi connectivity index (χ1n) is 7.92. The van der Waals surface area contributed by atoms with Crippen molar-refractivity contribution < 1.29 is 4.79 Å². The molecule has 3 fully saturated rings. The van der Waals surface area contributed by atoms with Crippen LogP contribution in [0, 0.1) is 0 Å². The van der Waals surface area contributed by atoms with Gasteiger partial charge in [0.25, 0.3) is 0 Å². The molecule has 4 heteroatoms. The van der Waals surface area contributed by atoms with Gasteiger partial charge in [-0.2, -0.15) is 11.8 Å². The summed E-state index contributed by atoms with van der Waals surface area (Å²) in [6, 6.07) is 0.474. The monoisotopic (exact) mass is 282 g/mol. The first-order chi connectivity index (χ1) is 9.21. The van der Waals surface area contributed by atoms with Gasteiger partial charge in [0.15, 0.2) is 0 Å². The number of thioether (sulfide) groups is 1. The molecule has 2 saturated carbocycles. The molecular formula is C15H26N2OS. The molecule has 2 N–H and O–H groups in total. The Morgan fingerprint density at radius 1 is 1.11 bits per heavy atom. The molecule has 0 radical (unpaired) electrons. The van der Waals surface area contributed by atoms with E-state index in [0.717, 1.165) is 38.0 Å². The van der Waals surface area contributed by atoms with Gasteiger partial charge < -0.3 is 10.6 Å². The van der Waals surface area contributed by atoms with E-state index in [9.17, 15) is 4.79 Å². The number of carbonyl (C=O) groups is 1. The Morgan fingerprint density at radius 2 is 1.84 bits per heavy atom. The molecule has 1 amide bonds. The largest absolute Gasteiger partial charge is 0.336 e. The Morgan fingerprint density at radius 3 is 2.63 bits per heavy atom. The summed E-state index contributed by atoms with van der Waals surface area (Å²) in [5, 5.41) is 0.679. The summed E-state index contributed by atoms with van der Waals surface area (Å²) in [5.74, 6) is 1.37. The molecule has 3 aliphatic rings. The van der Waals surface area contributed by atoms with Gasteiger partial charge in [-0.25, -0.2) is 0 Å². The summed E-state index contributed by atoms with van der Waals surface area (Å²) in [4.78, 5) is 15.1. The van der Waals surface area contributed by atoms with Crippen molar-refractivity contribution in [2.45, 2.75) is 74.6 Å². The highest BCUT2D eigenvalue weighted by molar-refractivity contribution is 8.00. The van der Waals surface area contributed by atoms with Crippen molar-refractivity contribution in [1.82, 2.24) is 4.90 Å². The number of amides is 1. The fourth-order valence-corrected chi connectivity index (χ4v) is 5.47. The second-order valence-electron chi connectivity index (χ2n) is 6.48. The number of hydrogen-bond donors (Lipinski definition) is 1. The second kappa shape index (κ2) is 5.65. The lowest BCUT2D eigenvalue weighted by Gasteiger charge is -2.47. The molecule has 2 atom stereocenters. The first kappa shape index (κ1) is 13.7. The SMILES string of the molecule is NC1(C(=O)N2CCSC3CCCCC32)CCCCC1. The highest BCUT2D eigenvalue weighted by Gasteiger charge is 2.44. The predicted molar refractivity (Wildman–Crippen MR) is 80.2 cm³/mol. The van der Waals surface area contributed by atoms with Gasteiger partial charge in [0.2, 0.25) is 5.91 Å². The zero-order valence-corrected chi connectivity index (χ0v) is 12.6. The van der Waals surface area contributed by atoms with Crippen molar-refractivity contribution in [3.05, 3.63) is 0 Å². The maximum absolute atomic E-state index is 12.9. The molecule has 1 heterocycles. The van der Waals surface area contributed by atoms with Crippen molar-refractivity contribution >= 4 is 17.7 Å². The average molecular weight is 282 g/mol. The van der Waals surface area contributed by atoms with Crippen LogP contribution in [0.1, 0.15) is 57.8 Å². The molecule has 2 aliphatic carbocycles. The fourth-order valence-electron chi connectivity index (χ4n) is 4.03. The molecular weight excluding hydrogens is 256 g/mol. The summed E-state index contributed by atoms with van der Waals surface area (Å²) < 4.78 is 0. The Hall–Kier alpha value is -0.220. The Kier molecular flexibility index (Phi) is 4.08. The highest BCUT2D eigenvalue weighted by atomic mass is 32.2. The molecule has 2 unspecified atom stereocenters. The van der Waals surface area contributed by atoms with Crippen LogP contribution in [0.15, 0.2) is 0 Å². The molecule has 0 bridgehead atoms. The molecule has 0 spiro atoms. The minimum Gasteiger partial charge on any atom is -0.336 e. The number of nitrogens with zero attached hydrogens (tertiary/aromatic N) is 1. The number of nitrogens with two attached hydrogens (primary N) is 1. The van der Waals surface area contributed by atoms with Crippen LogP contribution < -0.4 is 5.73 Å². The standard InChI is InChI=1S/C15H26N2OS/c16-15(8-4-1-5-9-15)14(18)17-10-11-19-13-7-3-2-6-12(13)17/h12-13H,1-11,16H2. The molecule has 0 aromatic carbocycles. The average Bonchev–Trinajstić information content (AvgIpc) is 2.47. The van der Waals surface area contributed by atoms with Crippen LogP contribution in [0.4, 0.5) is 0 Å². The van der Waals surface area contributed by atoms with Crippen molar-refractivity contribution in [3.8, 4) is 0 Å². The summed E-state index contributed by atoms with van der Waals surface area (Å²) in [7, 11) is 0. The lowest BCUT2D eigenvalue weighted by molar-refractivity contribution is -0.141. The van der Waals surface area contributed by atoms with Crippen LogP contribution in [0.3, 0.4) is 0 Å². The van der Waals surface area contributed by atoms with E-state index < -0.39 is 5.54 Å². The molecule has 1 aliphatic heterocycles. The molecule has 3 rings (SSSR count). The third kappa shape index (κ3) is 2.66. The minimum absolute atomic E-state index is 0.268. The van der Waals surface area contributed by atoms with Gasteiger partial charge in [-0.3, -0.25) is 4.79 Å². The predicted octanol–water partition coefficient (Wildman–Crippen LogP) is 2.53. The maximum atomic E-state index is 12.9. The maximum Gasteiger partial charge on any atom is 0.242 e. The van der Waals surface area contributed by atoms with Gasteiger partial charge in [-0.1, -0.05) is 32.1 Å². The topological polar surface area (TPSA) is 46.3 Å². The lowest BCUT2D eigenvalue weighted by Crippen LogP contribution is -2.62. The van der Waals surface area contributed by atoms with Gasteiger partial charge >= 0.3 is 0 Å². The zero-order valence-electron chi connectivity index (χ0n) is 11.8. The summed E-state index contributed by atoms with van der Waals surface area (Å²) in [5.41, 5.74) is 5.92. The van der Waals surface area contributed by atoms with E-state index in [4.69, 9.17) is 5.73 Å². The van der Waals surface area contributed by atoms with Crippen LogP contribution >= 0.6 is 11.8 Å². The van der Waals surface area contributed by atoms with Crippen LogP contribution in [-0.4, -0.2) is 39.9 Å². The number of fused-ring (bicyclic) bond motifs is 1. The molecule has 3 nitrogen and oxygen atoms in total. The third-order valence-electron chi connectivity index (χ3n) is 5.16. The molecule has 0 aromatic heterocycles. The van der Waals surface area contributed by atoms with E-state index >= 15 is 0 Å². The number of rotatable bonds is 1. The first-order valence-corrected chi connectivity index (χ1v) is 8.97. The van der Waals surface area contributed by atoms with Crippen LogP contribution in [0.5, 0.6) is 0 Å². The minimum atomic E-state index is -0.539. The van der Waals surface area contributed by atoms with Crippen LogP contribution in [0.2, 0.25) is 0 Å². The van der Waals surface area contributed by atoms with Crippen molar-refractivity contribution in [2.24, 2.45) is 5.73 Å². The number of hydrogen-bond acceptors (Lipinski definition) is 3. The number of carbonyl (C=O) groups excluding carboxylic acids is 1. The van der Waals surface area contributed by atoms with Crippen molar-refractivity contribution in [1.29, 1.82) is 0 Å². The quantitative estimate of drug-likeness (QED) is 0.804. The van der Waals surface area contributed by atoms with Gasteiger partial charge in [0.1, 0.15) is 0 Å². The zero-order chi connectivity index (χ0) is 13.3. The molecule has 1 saturated heterocycles. The van der Waals surface area contributed by atoms with Crippen molar-refractivity contribution in [2.75, 3.05) is 12.3 Å². The van der Waals surface area contributed by atoms with Crippen LogP contribution in [-0.2, 0) is 4.79 Å². The van der Waals surface area contributed by atoms with E-state index in [1.54, 1.807) is 0 Å². The third-order valence-corrected chi connectivity index (χ3v) is 6.56. The Labute approximate surface area is 120 Å². The Bertz CT molecular complexity index is 339. The fraction of sp³-hybridized carbons (Fsp3) is 0.933. The van der Waals surface area contributed by atoms with E-state index in [1.165, 1.54) is 32.1 Å². The van der Waals surface area contributed by atoms with E-state index in [0.29, 0.717) is 11.3 Å². The van der Waals surface area contributed by atoms with Gasteiger partial charge in [-0.15, -0.1) is 0 Å². The molecule has 0 aromatic rings. The second-order valence-corrected chi connectivity index (χ2v) is 7.82. The summed E-state index contributed by atoms with van der Waals surface area (Å²) in [6.45, 7) is 0.920. The molecule has 19 heavy (non-hydrogen) atoms. The Balaban J connectivity index is 1.74. The lowest BCUT2D eigenvalue weighted by atomic mass is 9.80. The summed E-state index contributed by atoms with van der Waals surface area (Å²) >= 11 is 2.08. The normalized spacial score (nSPS) is 34.7. The van der Waals surface area contributed by atoms with E-state index in [-0.39, 0.29) is 5.91 Å². The summed E-state index contributed by atoms with van der Waals surface area (Å²) in [6.07, 6.45) is 10.4. The van der Waals surface area contributed by atoms with Crippen LogP contribution in [0.25, 0.3) is 0 Å². The van der Waals surface area contributed by atoms with Gasteiger partial charge in [0.05, 0.1) is 5.54 Å². The van der Waals surface area contributed by atoms with Gasteiger partial charge in [0, 0.05) is 23.6 Å². The van der Waals surface area contributed by atoms with Gasteiger partial charge in [-0.05, 0) is 25.7 Å². The van der Waals surface area contributed by atoms with Crippen molar-refractivity contribution in [3.63, 3.8) is 0 Å². The smallest absolute Gasteiger partial charge is 0.242 e. The van der Waals surface area contributed by atoms with E-state index in [1.807, 2.05) is 0 Å². The molecule has 108 valence electrons. The highest BCUT2D eigenvalue weighted by Crippen LogP contribution is 2.38.